The Morgan fingerprint density at radius 1 is 0.897 bits per heavy atom. The van der Waals surface area contributed by atoms with Crippen molar-refractivity contribution in [3.05, 3.63) is 47.5 Å². The molecule has 0 unspecified atom stereocenters. The Bertz CT molecular complexity index is 881. The first-order valence-corrected chi connectivity index (χ1v) is 8.57. The fourth-order valence-electron chi connectivity index (χ4n) is 2.44. The minimum atomic E-state index is -0.484. The summed E-state index contributed by atoms with van der Waals surface area (Å²) in [6.07, 6.45) is 1.41. The van der Waals surface area contributed by atoms with Gasteiger partial charge in [-0.1, -0.05) is 0 Å². The molecule has 0 saturated carbocycles. The smallest absolute Gasteiger partial charge is 0.259 e. The van der Waals surface area contributed by atoms with Gasteiger partial charge in [0.05, 0.1) is 41.2 Å². The van der Waals surface area contributed by atoms with Gasteiger partial charge in [0, 0.05) is 11.1 Å². The zero-order chi connectivity index (χ0) is 21.2. The van der Waals surface area contributed by atoms with Crippen LogP contribution in [-0.4, -0.2) is 53.0 Å². The lowest BCUT2D eigenvalue weighted by atomic mass is 10.2. The van der Waals surface area contributed by atoms with Crippen LogP contribution in [0.4, 0.5) is 0 Å². The Hall–Kier alpha value is -3.75. The first-order valence-electron chi connectivity index (χ1n) is 8.57. The van der Waals surface area contributed by atoms with Crippen molar-refractivity contribution in [2.75, 3.05) is 35.0 Å². The van der Waals surface area contributed by atoms with E-state index in [2.05, 4.69) is 15.8 Å². The highest BCUT2D eigenvalue weighted by atomic mass is 16.5. The van der Waals surface area contributed by atoms with E-state index in [9.17, 15) is 9.59 Å². The minimum Gasteiger partial charge on any atom is -0.497 e. The van der Waals surface area contributed by atoms with Crippen LogP contribution in [0.15, 0.2) is 41.5 Å². The second kappa shape index (κ2) is 10.5. The number of nitrogens with zero attached hydrogens (tertiary/aromatic N) is 1. The molecule has 0 aliphatic rings. The number of hydrogen-bond acceptors (Lipinski definition) is 7. The molecule has 29 heavy (non-hydrogen) atoms. The summed E-state index contributed by atoms with van der Waals surface area (Å²) in [6.45, 7) is -0.231. The average molecular weight is 401 g/mol. The summed E-state index contributed by atoms with van der Waals surface area (Å²) >= 11 is 0. The Kier molecular flexibility index (Phi) is 7.84. The van der Waals surface area contributed by atoms with Gasteiger partial charge in [-0.05, 0) is 36.4 Å². The minimum absolute atomic E-state index is 0.231. The van der Waals surface area contributed by atoms with E-state index in [0.29, 0.717) is 34.1 Å². The second-order valence-electron chi connectivity index (χ2n) is 5.63. The molecule has 2 rings (SSSR count). The summed E-state index contributed by atoms with van der Waals surface area (Å²) < 4.78 is 20.9. The van der Waals surface area contributed by atoms with Crippen LogP contribution in [0.1, 0.15) is 15.9 Å². The monoisotopic (exact) mass is 401 g/mol. The SMILES string of the molecule is COc1ccc(C(=O)NCC(=O)N/N=C\c2ccc(OC)c(OC)c2OC)cc1. The number of carbonyl (C=O) groups is 2. The van der Waals surface area contributed by atoms with Gasteiger partial charge >= 0.3 is 0 Å². The van der Waals surface area contributed by atoms with E-state index < -0.39 is 5.91 Å². The van der Waals surface area contributed by atoms with Crippen molar-refractivity contribution in [3.8, 4) is 23.0 Å². The molecule has 0 aromatic heterocycles. The van der Waals surface area contributed by atoms with Gasteiger partial charge in [0.15, 0.2) is 11.5 Å². The van der Waals surface area contributed by atoms with Crippen molar-refractivity contribution in [2.24, 2.45) is 5.10 Å². The summed E-state index contributed by atoms with van der Waals surface area (Å²) in [4.78, 5) is 24.0. The van der Waals surface area contributed by atoms with Gasteiger partial charge < -0.3 is 24.3 Å². The first-order chi connectivity index (χ1) is 14.0. The molecule has 2 amide bonds. The molecular formula is C20H23N3O6. The van der Waals surface area contributed by atoms with Crippen molar-refractivity contribution in [3.63, 3.8) is 0 Å². The number of hydrazone groups is 1. The molecule has 0 spiro atoms. The highest BCUT2D eigenvalue weighted by Crippen LogP contribution is 2.38. The van der Waals surface area contributed by atoms with E-state index in [0.717, 1.165) is 0 Å². The highest BCUT2D eigenvalue weighted by molar-refractivity contribution is 5.96. The second-order valence-corrected chi connectivity index (χ2v) is 5.63. The summed E-state index contributed by atoms with van der Waals surface area (Å²) in [6, 6.07) is 9.94. The summed E-state index contributed by atoms with van der Waals surface area (Å²) in [7, 11) is 6.04. The van der Waals surface area contributed by atoms with Gasteiger partial charge in [0.25, 0.3) is 11.8 Å². The van der Waals surface area contributed by atoms with Crippen LogP contribution in [0.25, 0.3) is 0 Å². The number of carbonyl (C=O) groups excluding carboxylic acids is 2. The van der Waals surface area contributed by atoms with Crippen LogP contribution in [0.3, 0.4) is 0 Å². The van der Waals surface area contributed by atoms with Gasteiger partial charge in [0.2, 0.25) is 5.75 Å². The van der Waals surface area contributed by atoms with Crippen LogP contribution in [0.5, 0.6) is 23.0 Å². The maximum Gasteiger partial charge on any atom is 0.259 e. The Morgan fingerprint density at radius 3 is 2.17 bits per heavy atom. The normalized spacial score (nSPS) is 10.3. The van der Waals surface area contributed by atoms with E-state index in [1.54, 1.807) is 36.4 Å². The third-order valence-electron chi connectivity index (χ3n) is 3.89. The molecule has 0 aliphatic carbocycles. The number of benzene rings is 2. The van der Waals surface area contributed by atoms with Crippen LogP contribution in [0.2, 0.25) is 0 Å². The molecule has 2 aromatic rings. The van der Waals surface area contributed by atoms with Gasteiger partial charge in [-0.2, -0.15) is 5.10 Å². The summed E-state index contributed by atoms with van der Waals surface area (Å²) in [5.74, 6) is 1.11. The number of methoxy groups -OCH3 is 4. The third-order valence-corrected chi connectivity index (χ3v) is 3.89. The summed E-state index contributed by atoms with van der Waals surface area (Å²) in [5, 5.41) is 6.40. The molecule has 0 radical (unpaired) electrons. The van der Waals surface area contributed by atoms with Crippen LogP contribution >= 0.6 is 0 Å². The predicted octanol–water partition coefficient (Wildman–Crippen LogP) is 1.60. The lowest BCUT2D eigenvalue weighted by Crippen LogP contribution is -2.34. The Morgan fingerprint density at radius 2 is 1.59 bits per heavy atom. The zero-order valence-electron chi connectivity index (χ0n) is 16.6. The van der Waals surface area contributed by atoms with Gasteiger partial charge in [-0.15, -0.1) is 0 Å². The molecule has 9 nitrogen and oxygen atoms in total. The van der Waals surface area contributed by atoms with E-state index in [1.165, 1.54) is 34.7 Å². The van der Waals surface area contributed by atoms with Crippen molar-refractivity contribution < 1.29 is 28.5 Å². The lowest BCUT2D eigenvalue weighted by molar-refractivity contribution is -0.120. The fraction of sp³-hybridized carbons (Fsp3) is 0.250. The summed E-state index contributed by atoms with van der Waals surface area (Å²) in [5.41, 5.74) is 3.33. The maximum absolute atomic E-state index is 12.0. The zero-order valence-corrected chi connectivity index (χ0v) is 16.6. The topological polar surface area (TPSA) is 107 Å². The van der Waals surface area contributed by atoms with Crippen LogP contribution in [0, 0.1) is 0 Å². The van der Waals surface area contributed by atoms with Gasteiger partial charge in [0.1, 0.15) is 5.75 Å². The van der Waals surface area contributed by atoms with Crippen LogP contribution in [-0.2, 0) is 4.79 Å². The molecule has 154 valence electrons. The van der Waals surface area contributed by atoms with E-state index in [4.69, 9.17) is 18.9 Å². The number of hydrogen-bond donors (Lipinski definition) is 2. The maximum atomic E-state index is 12.0. The quantitative estimate of drug-likeness (QED) is 0.488. The Labute approximate surface area is 168 Å². The molecule has 0 saturated heterocycles. The predicted molar refractivity (Wildman–Crippen MR) is 107 cm³/mol. The lowest BCUT2D eigenvalue weighted by Gasteiger charge is -2.13. The number of nitrogens with one attached hydrogen (secondary N) is 2. The van der Waals surface area contributed by atoms with Gasteiger partial charge in [-0.25, -0.2) is 5.43 Å². The molecular weight excluding hydrogens is 378 g/mol. The Balaban J connectivity index is 1.93. The van der Waals surface area contributed by atoms with Crippen molar-refractivity contribution in [2.45, 2.75) is 0 Å². The standard InChI is InChI=1S/C20H23N3O6/c1-26-15-8-5-13(6-9-15)20(25)21-12-17(24)23-22-11-14-7-10-16(27-2)19(29-4)18(14)28-3/h5-11H,12H2,1-4H3,(H,21,25)(H,23,24)/b22-11-. The van der Waals surface area contributed by atoms with Crippen molar-refractivity contribution in [1.82, 2.24) is 10.7 Å². The average Bonchev–Trinajstić information content (AvgIpc) is 2.76. The molecule has 0 aliphatic heterocycles. The van der Waals surface area contributed by atoms with Crippen molar-refractivity contribution >= 4 is 18.0 Å². The van der Waals surface area contributed by atoms with E-state index >= 15 is 0 Å². The third kappa shape index (κ3) is 5.61. The molecule has 2 aromatic carbocycles. The molecule has 9 heteroatoms. The fourth-order valence-corrected chi connectivity index (χ4v) is 2.44. The molecule has 0 atom stereocenters. The largest absolute Gasteiger partial charge is 0.497 e. The van der Waals surface area contributed by atoms with E-state index in [1.807, 2.05) is 0 Å². The van der Waals surface area contributed by atoms with Gasteiger partial charge in [-0.3, -0.25) is 9.59 Å². The number of rotatable bonds is 9. The number of amides is 2. The highest BCUT2D eigenvalue weighted by Gasteiger charge is 2.14. The molecule has 0 heterocycles. The van der Waals surface area contributed by atoms with Crippen LogP contribution < -0.4 is 29.7 Å². The van der Waals surface area contributed by atoms with E-state index in [-0.39, 0.29) is 12.5 Å². The van der Waals surface area contributed by atoms with Crippen molar-refractivity contribution in [1.29, 1.82) is 0 Å². The number of ether oxygens (including phenoxy) is 4. The first kappa shape index (κ1) is 21.5. The molecule has 0 fully saturated rings. The molecule has 2 N–H and O–H groups in total. The molecule has 0 bridgehead atoms.